The Kier molecular flexibility index (Phi) is 8.56. The maximum atomic E-state index is 11.5. The first kappa shape index (κ1) is 24.8. The molecule has 0 aliphatic rings. The molecule has 2 aromatic rings. The van der Waals surface area contributed by atoms with Crippen molar-refractivity contribution in [2.45, 2.75) is 51.9 Å². The first-order valence-electron chi connectivity index (χ1n) is 10.3. The molecule has 2 aromatic carbocycles. The predicted molar refractivity (Wildman–Crippen MR) is 122 cm³/mol. The average molecular weight is 445 g/mol. The number of ether oxygens (including phenoxy) is 2. The molecule has 7 heteroatoms. The number of aliphatic hydroxyl groups is 1. The van der Waals surface area contributed by atoms with Crippen molar-refractivity contribution in [1.29, 1.82) is 0 Å². The summed E-state index contributed by atoms with van der Waals surface area (Å²) in [5.41, 5.74) is 0. The summed E-state index contributed by atoms with van der Waals surface area (Å²) in [6.45, 7) is 8.59. The number of carbonyl (C=O) groups is 2. The fraction of sp³-hybridized carbons (Fsp3) is 0.417. The monoisotopic (exact) mass is 444 g/mol. The van der Waals surface area contributed by atoms with Crippen LogP contribution in [0.3, 0.4) is 0 Å². The van der Waals surface area contributed by atoms with E-state index in [1.165, 1.54) is 13.8 Å². The van der Waals surface area contributed by atoms with Gasteiger partial charge in [0.05, 0.1) is 6.61 Å². The fourth-order valence-electron chi connectivity index (χ4n) is 3.72. The summed E-state index contributed by atoms with van der Waals surface area (Å²) in [4.78, 5) is 22.7. The topological polar surface area (TPSA) is 82.1 Å². The smallest absolute Gasteiger partial charge is 0.303 e. The van der Waals surface area contributed by atoms with Crippen LogP contribution < -0.4 is 10.4 Å². The molecule has 0 saturated carbocycles. The molecular weight excluding hydrogens is 412 g/mol. The second kappa shape index (κ2) is 10.7. The lowest BCUT2D eigenvalue weighted by Crippen LogP contribution is -2.67. The van der Waals surface area contributed by atoms with Crippen molar-refractivity contribution >= 4 is 30.6 Å². The van der Waals surface area contributed by atoms with E-state index in [-0.39, 0.29) is 18.3 Å². The van der Waals surface area contributed by atoms with E-state index >= 15 is 0 Å². The largest absolute Gasteiger partial charge is 0.462 e. The van der Waals surface area contributed by atoms with Crippen LogP contribution in [0.5, 0.6) is 0 Å². The zero-order valence-electron chi connectivity index (χ0n) is 18.8. The molecule has 6 nitrogen and oxygen atoms in total. The molecule has 0 fully saturated rings. The van der Waals surface area contributed by atoms with Crippen LogP contribution in [-0.4, -0.2) is 50.8 Å². The fourth-order valence-corrected chi connectivity index (χ4v) is 8.29. The van der Waals surface area contributed by atoms with Gasteiger partial charge in [-0.2, -0.15) is 0 Å². The summed E-state index contributed by atoms with van der Waals surface area (Å²) < 4.78 is 16.8. The molecule has 0 aliphatic heterocycles. The predicted octanol–water partition coefficient (Wildman–Crippen LogP) is 2.42. The molecule has 0 spiro atoms. The van der Waals surface area contributed by atoms with Gasteiger partial charge in [0, 0.05) is 13.8 Å². The minimum atomic E-state index is -2.85. The van der Waals surface area contributed by atoms with Gasteiger partial charge in [-0.25, -0.2) is 0 Å². The molecule has 2 rings (SSSR count). The van der Waals surface area contributed by atoms with Crippen molar-refractivity contribution in [3.63, 3.8) is 0 Å². The minimum Gasteiger partial charge on any atom is -0.462 e. The van der Waals surface area contributed by atoms with Crippen molar-refractivity contribution < 1.29 is 28.6 Å². The zero-order chi connectivity index (χ0) is 23.1. The lowest BCUT2D eigenvalue weighted by molar-refractivity contribution is -0.164. The van der Waals surface area contributed by atoms with Crippen LogP contribution in [0, 0.1) is 0 Å². The van der Waals surface area contributed by atoms with E-state index in [0.29, 0.717) is 0 Å². The van der Waals surface area contributed by atoms with E-state index in [4.69, 9.17) is 13.9 Å². The van der Waals surface area contributed by atoms with E-state index in [9.17, 15) is 14.7 Å². The second-order valence-corrected chi connectivity index (χ2v) is 12.8. The van der Waals surface area contributed by atoms with Gasteiger partial charge >= 0.3 is 11.9 Å². The standard InChI is InChI=1S/C24H32O6Si/c1-18(25)28-17-23(30-19(2)26)22(27)16-29-31(24(3,4)5,20-12-8-6-9-13-20)21-14-10-7-11-15-21/h6-15,22-23,27H,16-17H2,1-5H3/t22-,23-/m1/s1. The van der Waals surface area contributed by atoms with Crippen molar-refractivity contribution in [3.8, 4) is 0 Å². The highest BCUT2D eigenvalue weighted by Gasteiger charge is 2.50. The summed E-state index contributed by atoms with van der Waals surface area (Å²) in [5.74, 6) is -1.08. The summed E-state index contributed by atoms with van der Waals surface area (Å²) in [5, 5.41) is 12.7. The van der Waals surface area contributed by atoms with Gasteiger partial charge in [-0.15, -0.1) is 0 Å². The molecular formula is C24H32O6Si. The summed E-state index contributed by atoms with van der Waals surface area (Å²) in [6.07, 6.45) is -2.18. The second-order valence-electron chi connectivity index (χ2n) is 8.49. The Morgan fingerprint density at radius 2 is 1.35 bits per heavy atom. The molecule has 168 valence electrons. The first-order chi connectivity index (χ1) is 14.6. The van der Waals surface area contributed by atoms with Crippen LogP contribution in [0.25, 0.3) is 0 Å². The third kappa shape index (κ3) is 6.26. The third-order valence-corrected chi connectivity index (χ3v) is 10.1. The van der Waals surface area contributed by atoms with E-state index in [2.05, 4.69) is 45.0 Å². The Morgan fingerprint density at radius 1 is 0.871 bits per heavy atom. The van der Waals surface area contributed by atoms with Crippen LogP contribution >= 0.6 is 0 Å². The van der Waals surface area contributed by atoms with Crippen LogP contribution in [0.2, 0.25) is 5.04 Å². The highest BCUT2D eigenvalue weighted by molar-refractivity contribution is 6.99. The van der Waals surface area contributed by atoms with Crippen molar-refractivity contribution in [1.82, 2.24) is 0 Å². The van der Waals surface area contributed by atoms with Gasteiger partial charge in [0.1, 0.15) is 12.7 Å². The molecule has 0 bridgehead atoms. The van der Waals surface area contributed by atoms with E-state index in [1.54, 1.807) is 0 Å². The number of hydrogen-bond acceptors (Lipinski definition) is 6. The van der Waals surface area contributed by atoms with Crippen molar-refractivity contribution in [2.75, 3.05) is 13.2 Å². The van der Waals surface area contributed by atoms with Crippen molar-refractivity contribution in [2.24, 2.45) is 0 Å². The summed E-state index contributed by atoms with van der Waals surface area (Å²) in [7, 11) is -2.85. The zero-order valence-corrected chi connectivity index (χ0v) is 19.8. The molecule has 2 atom stereocenters. The summed E-state index contributed by atoms with van der Waals surface area (Å²) in [6, 6.07) is 20.1. The van der Waals surface area contributed by atoms with Gasteiger partial charge in [-0.3, -0.25) is 9.59 Å². The number of benzene rings is 2. The Labute approximate surface area is 185 Å². The van der Waals surface area contributed by atoms with Crippen LogP contribution in [-0.2, 0) is 23.5 Å². The van der Waals surface area contributed by atoms with Crippen LogP contribution in [0.1, 0.15) is 34.6 Å². The van der Waals surface area contributed by atoms with Crippen LogP contribution in [0.4, 0.5) is 0 Å². The molecule has 0 aliphatic carbocycles. The molecule has 0 aromatic heterocycles. The van der Waals surface area contributed by atoms with Gasteiger partial charge in [0.25, 0.3) is 8.32 Å². The number of esters is 2. The first-order valence-corrected chi connectivity index (χ1v) is 12.2. The van der Waals surface area contributed by atoms with Gasteiger partial charge in [0.2, 0.25) is 0 Å². The van der Waals surface area contributed by atoms with E-state index in [1.807, 2.05) is 36.4 Å². The lowest BCUT2D eigenvalue weighted by Gasteiger charge is -2.43. The maximum Gasteiger partial charge on any atom is 0.303 e. The Balaban J connectivity index is 2.41. The lowest BCUT2D eigenvalue weighted by atomic mass is 10.2. The molecule has 1 N–H and O–H groups in total. The highest BCUT2D eigenvalue weighted by atomic mass is 28.4. The molecule has 0 radical (unpaired) electrons. The Bertz CT molecular complexity index is 808. The molecule has 31 heavy (non-hydrogen) atoms. The molecule has 0 unspecified atom stereocenters. The van der Waals surface area contributed by atoms with Gasteiger partial charge in [-0.1, -0.05) is 81.4 Å². The summed E-state index contributed by atoms with van der Waals surface area (Å²) >= 11 is 0. The van der Waals surface area contributed by atoms with Gasteiger partial charge < -0.3 is 19.0 Å². The minimum absolute atomic E-state index is 0.0769. The maximum absolute atomic E-state index is 11.5. The quantitative estimate of drug-likeness (QED) is 0.473. The van der Waals surface area contributed by atoms with Crippen molar-refractivity contribution in [3.05, 3.63) is 60.7 Å². The third-order valence-electron chi connectivity index (χ3n) is 5.08. The molecule has 0 heterocycles. The Hall–Kier alpha value is -2.48. The SMILES string of the molecule is CC(=O)OC[C@@H](OC(C)=O)[C@H](O)CO[Si](c1ccccc1)(c1ccccc1)C(C)(C)C. The number of carbonyl (C=O) groups excluding carboxylic acids is 2. The normalized spacial score (nSPS) is 13.9. The van der Waals surface area contributed by atoms with E-state index in [0.717, 1.165) is 10.4 Å². The molecule has 0 amide bonds. The Morgan fingerprint density at radius 3 is 1.74 bits per heavy atom. The number of hydrogen-bond donors (Lipinski definition) is 1. The average Bonchev–Trinajstić information content (AvgIpc) is 2.71. The number of rotatable bonds is 9. The van der Waals surface area contributed by atoms with Crippen LogP contribution in [0.15, 0.2) is 60.7 Å². The highest BCUT2D eigenvalue weighted by Crippen LogP contribution is 2.36. The van der Waals surface area contributed by atoms with E-state index < -0.39 is 32.5 Å². The van der Waals surface area contributed by atoms with Gasteiger partial charge in [0.15, 0.2) is 6.10 Å². The number of aliphatic hydroxyl groups excluding tert-OH is 1. The van der Waals surface area contributed by atoms with Gasteiger partial charge in [-0.05, 0) is 15.4 Å². The molecule has 0 saturated heterocycles.